The van der Waals surface area contributed by atoms with Gasteiger partial charge in [0.15, 0.2) is 11.6 Å². The SMILES string of the molecule is Oc1ccc(C(O)(c2[c-]cccc2)c2cc(F)c(O)c3ccccc23)c2ccccc12.[Co]. The van der Waals surface area contributed by atoms with Crippen LogP contribution >= 0.6 is 0 Å². The zero-order valence-electron chi connectivity index (χ0n) is 16.7. The van der Waals surface area contributed by atoms with Crippen molar-refractivity contribution in [1.82, 2.24) is 0 Å². The van der Waals surface area contributed by atoms with Gasteiger partial charge in [0.05, 0.1) is 0 Å². The minimum absolute atomic E-state index is 0. The quantitative estimate of drug-likeness (QED) is 0.238. The van der Waals surface area contributed by atoms with E-state index in [9.17, 15) is 19.7 Å². The van der Waals surface area contributed by atoms with Crippen LogP contribution < -0.4 is 0 Å². The van der Waals surface area contributed by atoms with Gasteiger partial charge in [0, 0.05) is 33.1 Å². The number of hydrogen-bond donors (Lipinski definition) is 3. The maximum Gasteiger partial charge on any atom is 0.165 e. The molecule has 5 heteroatoms. The van der Waals surface area contributed by atoms with Gasteiger partial charge < -0.3 is 15.3 Å². The number of aromatic hydroxyl groups is 2. The van der Waals surface area contributed by atoms with Gasteiger partial charge in [-0.15, -0.1) is 5.56 Å². The van der Waals surface area contributed by atoms with Crippen molar-refractivity contribution in [2.24, 2.45) is 0 Å². The summed E-state index contributed by atoms with van der Waals surface area (Å²) in [7, 11) is 0. The van der Waals surface area contributed by atoms with Crippen LogP contribution in [-0.4, -0.2) is 15.3 Å². The number of phenolic OH excluding ortho intramolecular Hbond substituents is 2. The van der Waals surface area contributed by atoms with Gasteiger partial charge in [-0.25, -0.2) is 4.39 Å². The van der Waals surface area contributed by atoms with Gasteiger partial charge in [-0.2, -0.15) is 30.3 Å². The summed E-state index contributed by atoms with van der Waals surface area (Å²) in [4.78, 5) is 0. The van der Waals surface area contributed by atoms with Crippen molar-refractivity contribution < 1.29 is 36.5 Å². The van der Waals surface area contributed by atoms with Crippen LogP contribution in [0.25, 0.3) is 21.5 Å². The van der Waals surface area contributed by atoms with E-state index in [1.54, 1.807) is 72.8 Å². The molecular weight excluding hydrogens is 450 g/mol. The number of rotatable bonds is 3. The van der Waals surface area contributed by atoms with Crippen LogP contribution in [0.3, 0.4) is 0 Å². The fraction of sp³-hybridized carbons (Fsp3) is 0.0370. The molecule has 1 radical (unpaired) electrons. The van der Waals surface area contributed by atoms with Gasteiger partial charge in [0.25, 0.3) is 0 Å². The molecule has 5 rings (SSSR count). The maximum absolute atomic E-state index is 14.8. The van der Waals surface area contributed by atoms with E-state index in [1.807, 2.05) is 6.07 Å². The molecule has 0 saturated carbocycles. The molecule has 0 saturated heterocycles. The third-order valence-electron chi connectivity index (χ3n) is 5.75. The Morgan fingerprint density at radius 3 is 1.94 bits per heavy atom. The largest absolute Gasteiger partial charge is 0.507 e. The third-order valence-corrected chi connectivity index (χ3v) is 5.75. The van der Waals surface area contributed by atoms with E-state index in [4.69, 9.17) is 0 Å². The Bertz CT molecular complexity index is 1440. The third kappa shape index (κ3) is 3.22. The predicted octanol–water partition coefficient (Wildman–Crippen LogP) is 5.63. The Hall–Kier alpha value is -3.38. The molecule has 0 amide bonds. The molecule has 161 valence electrons. The zero-order chi connectivity index (χ0) is 21.6. The average Bonchev–Trinajstić information content (AvgIpc) is 2.82. The summed E-state index contributed by atoms with van der Waals surface area (Å²) in [5.41, 5.74) is -0.640. The maximum atomic E-state index is 14.8. The van der Waals surface area contributed by atoms with E-state index >= 15 is 0 Å². The van der Waals surface area contributed by atoms with Crippen LogP contribution in [0.15, 0.2) is 91.0 Å². The molecule has 3 N–H and O–H groups in total. The molecular formula is C27H18CoFO3-. The second kappa shape index (κ2) is 8.28. The van der Waals surface area contributed by atoms with Crippen LogP contribution in [0.1, 0.15) is 16.7 Å². The van der Waals surface area contributed by atoms with Gasteiger partial charge in [-0.1, -0.05) is 54.6 Å². The van der Waals surface area contributed by atoms with Gasteiger partial charge >= 0.3 is 0 Å². The molecule has 1 unspecified atom stereocenters. The summed E-state index contributed by atoms with van der Waals surface area (Å²) in [6.45, 7) is 0. The number of hydrogen-bond acceptors (Lipinski definition) is 3. The van der Waals surface area contributed by atoms with Crippen LogP contribution in [0.5, 0.6) is 11.5 Å². The number of phenols is 2. The molecule has 0 aliphatic carbocycles. The first-order valence-corrected chi connectivity index (χ1v) is 9.83. The summed E-state index contributed by atoms with van der Waals surface area (Å²) in [6, 6.07) is 28.4. The molecule has 3 nitrogen and oxygen atoms in total. The van der Waals surface area contributed by atoms with E-state index < -0.39 is 17.2 Å². The summed E-state index contributed by atoms with van der Waals surface area (Å²) in [5, 5.41) is 35.0. The summed E-state index contributed by atoms with van der Waals surface area (Å²) in [6.07, 6.45) is 0. The Morgan fingerprint density at radius 1 is 0.688 bits per heavy atom. The number of aliphatic hydroxyl groups is 1. The molecule has 0 heterocycles. The number of fused-ring (bicyclic) bond motifs is 2. The minimum atomic E-state index is -1.80. The fourth-order valence-electron chi connectivity index (χ4n) is 4.28. The topological polar surface area (TPSA) is 60.7 Å². The van der Waals surface area contributed by atoms with E-state index in [0.717, 1.165) is 0 Å². The molecule has 0 bridgehead atoms. The summed E-state index contributed by atoms with van der Waals surface area (Å²) >= 11 is 0. The fourth-order valence-corrected chi connectivity index (χ4v) is 4.28. The normalized spacial score (nSPS) is 12.9. The molecule has 0 spiro atoms. The van der Waals surface area contributed by atoms with Crippen molar-refractivity contribution in [2.75, 3.05) is 0 Å². The Kier molecular flexibility index (Phi) is 5.65. The molecule has 5 aromatic rings. The van der Waals surface area contributed by atoms with Crippen LogP contribution in [-0.2, 0) is 22.4 Å². The van der Waals surface area contributed by atoms with Crippen molar-refractivity contribution in [3.63, 3.8) is 0 Å². The second-order valence-corrected chi connectivity index (χ2v) is 7.46. The Balaban J connectivity index is 0.00000245. The standard InChI is InChI=1S/C27H18FO3.Co/c28-24-16-23(19-11-5-7-13-21(19)26(24)30)27(31,17-8-2-1-3-9-17)22-14-15-25(29)20-12-6-4-10-18(20)22;/h1-8,10-16,29-31H;/q-1;. The molecule has 0 fully saturated rings. The van der Waals surface area contributed by atoms with Crippen molar-refractivity contribution >= 4 is 21.5 Å². The minimum Gasteiger partial charge on any atom is -0.507 e. The monoisotopic (exact) mass is 468 g/mol. The van der Waals surface area contributed by atoms with Crippen molar-refractivity contribution in [3.8, 4) is 11.5 Å². The molecule has 0 aliphatic rings. The Labute approximate surface area is 194 Å². The van der Waals surface area contributed by atoms with Crippen LogP contribution in [0.2, 0.25) is 0 Å². The van der Waals surface area contributed by atoms with E-state index in [-0.39, 0.29) is 28.1 Å². The van der Waals surface area contributed by atoms with Crippen molar-refractivity contribution in [2.45, 2.75) is 5.60 Å². The van der Waals surface area contributed by atoms with Gasteiger partial charge in [0.2, 0.25) is 0 Å². The summed E-state index contributed by atoms with van der Waals surface area (Å²) in [5.74, 6) is -1.21. The van der Waals surface area contributed by atoms with Crippen molar-refractivity contribution in [1.29, 1.82) is 0 Å². The molecule has 0 aliphatic heterocycles. The second-order valence-electron chi connectivity index (χ2n) is 7.46. The van der Waals surface area contributed by atoms with Gasteiger partial charge in [0.1, 0.15) is 11.4 Å². The first-order chi connectivity index (χ1) is 15.0. The zero-order valence-corrected chi connectivity index (χ0v) is 17.8. The Morgan fingerprint density at radius 2 is 1.28 bits per heavy atom. The van der Waals surface area contributed by atoms with E-state index in [0.29, 0.717) is 32.7 Å². The number of halogens is 1. The first kappa shape index (κ1) is 21.8. The predicted molar refractivity (Wildman–Crippen MR) is 119 cm³/mol. The van der Waals surface area contributed by atoms with Crippen molar-refractivity contribution in [3.05, 3.63) is 120 Å². The molecule has 1 atom stereocenters. The number of benzene rings is 5. The molecule has 0 aromatic heterocycles. The smallest absolute Gasteiger partial charge is 0.165 e. The van der Waals surface area contributed by atoms with Gasteiger partial charge in [-0.05, 0) is 28.5 Å². The van der Waals surface area contributed by atoms with Gasteiger partial charge in [-0.3, -0.25) is 0 Å². The summed E-state index contributed by atoms with van der Waals surface area (Å²) < 4.78 is 14.8. The first-order valence-electron chi connectivity index (χ1n) is 9.83. The van der Waals surface area contributed by atoms with Crippen LogP contribution in [0.4, 0.5) is 4.39 Å². The van der Waals surface area contributed by atoms with E-state index in [1.165, 1.54) is 12.1 Å². The molecule has 32 heavy (non-hydrogen) atoms. The van der Waals surface area contributed by atoms with Crippen LogP contribution in [0, 0.1) is 11.9 Å². The average molecular weight is 468 g/mol. The molecule has 5 aromatic carbocycles. The van der Waals surface area contributed by atoms with E-state index in [2.05, 4.69) is 6.07 Å².